The van der Waals surface area contributed by atoms with E-state index >= 15 is 0 Å². The Morgan fingerprint density at radius 2 is 2.22 bits per heavy atom. The van der Waals surface area contributed by atoms with Crippen molar-refractivity contribution >= 4 is 16.9 Å². The smallest absolute Gasteiger partial charge is 0.387 e. The number of halogens is 2. The van der Waals surface area contributed by atoms with Crippen molar-refractivity contribution in [2.24, 2.45) is 0 Å². The van der Waals surface area contributed by atoms with Crippen molar-refractivity contribution in [3.05, 3.63) is 30.0 Å². The third-order valence-corrected chi connectivity index (χ3v) is 2.34. The molecule has 18 heavy (non-hydrogen) atoms. The molecule has 0 bridgehead atoms. The number of aromatic amines is 1. The number of hydrogen-bond donors (Lipinski definition) is 1. The van der Waals surface area contributed by atoms with Crippen LogP contribution < -0.4 is 4.74 Å². The van der Waals surface area contributed by atoms with Crippen LogP contribution in [-0.4, -0.2) is 24.2 Å². The molecule has 4 nitrogen and oxygen atoms in total. The van der Waals surface area contributed by atoms with Crippen LogP contribution in [0.3, 0.4) is 0 Å². The summed E-state index contributed by atoms with van der Waals surface area (Å²) in [6.45, 7) is -0.975. The van der Waals surface area contributed by atoms with Gasteiger partial charge in [0.05, 0.1) is 6.61 Å². The van der Waals surface area contributed by atoms with Crippen molar-refractivity contribution in [2.75, 3.05) is 6.61 Å². The Bertz CT molecular complexity index is 565. The minimum absolute atomic E-state index is 0.0225. The maximum absolute atomic E-state index is 12.2. The second kappa shape index (κ2) is 5.03. The first-order valence-corrected chi connectivity index (χ1v) is 5.35. The maximum Gasteiger partial charge on any atom is 0.387 e. The van der Waals surface area contributed by atoms with Crippen molar-refractivity contribution in [2.45, 2.75) is 13.5 Å². The molecule has 96 valence electrons. The number of H-pyrrole nitrogens is 1. The van der Waals surface area contributed by atoms with Crippen LogP contribution in [0.2, 0.25) is 0 Å². The normalized spacial score (nSPS) is 10.9. The number of carbonyl (C=O) groups is 1. The molecule has 0 saturated heterocycles. The van der Waals surface area contributed by atoms with Crippen molar-refractivity contribution in [3.63, 3.8) is 0 Å². The summed E-state index contributed by atoms with van der Waals surface area (Å²) in [7, 11) is 0. The summed E-state index contributed by atoms with van der Waals surface area (Å²) in [4.78, 5) is 14.3. The van der Waals surface area contributed by atoms with Gasteiger partial charge in [-0.05, 0) is 25.1 Å². The standard InChI is InChI=1S/C12H11F2NO3/c1-2-17-11(16)9-6-7-8(15-9)4-3-5-10(7)18-12(13)14/h3-6,12,15H,2H2,1H3. The highest BCUT2D eigenvalue weighted by Gasteiger charge is 2.14. The summed E-state index contributed by atoms with van der Waals surface area (Å²) in [5.41, 5.74) is 0.744. The van der Waals surface area contributed by atoms with Crippen molar-refractivity contribution < 1.29 is 23.0 Å². The highest BCUT2D eigenvalue weighted by molar-refractivity contribution is 5.97. The first-order chi connectivity index (χ1) is 8.61. The summed E-state index contributed by atoms with van der Waals surface area (Å²) in [6, 6.07) is 6.07. The minimum Gasteiger partial charge on any atom is -0.461 e. The Labute approximate surface area is 102 Å². The van der Waals surface area contributed by atoms with Gasteiger partial charge in [-0.2, -0.15) is 8.78 Å². The molecule has 1 aromatic heterocycles. The molecule has 0 unspecified atom stereocenters. The van der Waals surface area contributed by atoms with Gasteiger partial charge < -0.3 is 14.5 Å². The summed E-state index contributed by atoms with van der Waals surface area (Å²) >= 11 is 0. The lowest BCUT2D eigenvalue weighted by Crippen LogP contribution is -2.04. The zero-order chi connectivity index (χ0) is 13.1. The fourth-order valence-corrected chi connectivity index (χ4v) is 1.64. The molecule has 0 atom stereocenters. The minimum atomic E-state index is -2.91. The van der Waals surface area contributed by atoms with E-state index in [0.29, 0.717) is 10.9 Å². The van der Waals surface area contributed by atoms with Crippen molar-refractivity contribution in [1.29, 1.82) is 0 Å². The highest BCUT2D eigenvalue weighted by Crippen LogP contribution is 2.27. The van der Waals surface area contributed by atoms with Crippen molar-refractivity contribution in [1.82, 2.24) is 4.98 Å². The first kappa shape index (κ1) is 12.3. The number of hydrogen-bond acceptors (Lipinski definition) is 3. The van der Waals surface area contributed by atoms with E-state index in [1.165, 1.54) is 12.1 Å². The number of fused-ring (bicyclic) bond motifs is 1. The van der Waals surface area contributed by atoms with Gasteiger partial charge in [-0.15, -0.1) is 0 Å². The fraction of sp³-hybridized carbons (Fsp3) is 0.250. The van der Waals surface area contributed by atoms with E-state index in [1.54, 1.807) is 19.1 Å². The quantitative estimate of drug-likeness (QED) is 0.854. The monoisotopic (exact) mass is 255 g/mol. The number of nitrogens with one attached hydrogen (secondary N) is 1. The van der Waals surface area contributed by atoms with Gasteiger partial charge in [0.2, 0.25) is 0 Å². The zero-order valence-electron chi connectivity index (χ0n) is 9.57. The predicted molar refractivity (Wildman–Crippen MR) is 60.9 cm³/mol. The molecule has 2 aromatic rings. The van der Waals surface area contributed by atoms with Gasteiger partial charge in [-0.25, -0.2) is 4.79 Å². The van der Waals surface area contributed by atoms with Crippen LogP contribution in [0.1, 0.15) is 17.4 Å². The molecule has 0 fully saturated rings. The molecule has 1 N–H and O–H groups in total. The van der Waals surface area contributed by atoms with Crippen LogP contribution in [-0.2, 0) is 4.74 Å². The van der Waals surface area contributed by atoms with E-state index in [0.717, 1.165) is 0 Å². The Hall–Kier alpha value is -2.11. The SMILES string of the molecule is CCOC(=O)c1cc2c(OC(F)F)cccc2[nH]1. The molecule has 0 aliphatic heterocycles. The highest BCUT2D eigenvalue weighted by atomic mass is 19.3. The van der Waals surface area contributed by atoms with Gasteiger partial charge in [0.25, 0.3) is 0 Å². The summed E-state index contributed by atoms with van der Waals surface area (Å²) < 4.78 is 33.6. The summed E-state index contributed by atoms with van der Waals surface area (Å²) in [5.74, 6) is -0.508. The molecule has 2 rings (SSSR count). The number of ether oxygens (including phenoxy) is 2. The molecule has 0 aliphatic rings. The van der Waals surface area contributed by atoms with Crippen LogP contribution in [0.5, 0.6) is 5.75 Å². The summed E-state index contributed by atoms with van der Waals surface area (Å²) in [6.07, 6.45) is 0. The second-order valence-electron chi connectivity index (χ2n) is 3.50. The Kier molecular flexibility index (Phi) is 3.45. The van der Waals surface area contributed by atoms with Gasteiger partial charge in [0.15, 0.2) is 0 Å². The summed E-state index contributed by atoms with van der Waals surface area (Å²) in [5, 5.41) is 0.417. The lowest BCUT2D eigenvalue weighted by Gasteiger charge is -2.04. The maximum atomic E-state index is 12.2. The molecule has 0 amide bonds. The molecular weight excluding hydrogens is 244 g/mol. The van der Waals surface area contributed by atoms with Gasteiger partial charge in [0, 0.05) is 10.9 Å². The predicted octanol–water partition coefficient (Wildman–Crippen LogP) is 2.95. The molecule has 0 saturated carbocycles. The number of esters is 1. The van der Waals surface area contributed by atoms with Gasteiger partial charge >= 0.3 is 12.6 Å². The van der Waals surface area contributed by atoms with Crippen molar-refractivity contribution in [3.8, 4) is 5.75 Å². The van der Waals surface area contributed by atoms with Crippen LogP contribution in [0.4, 0.5) is 8.78 Å². The third-order valence-electron chi connectivity index (χ3n) is 2.34. The van der Waals surface area contributed by atoms with E-state index in [4.69, 9.17) is 4.74 Å². The first-order valence-electron chi connectivity index (χ1n) is 5.35. The van der Waals surface area contributed by atoms with Crippen LogP contribution in [0, 0.1) is 0 Å². The Morgan fingerprint density at radius 3 is 2.89 bits per heavy atom. The fourth-order valence-electron chi connectivity index (χ4n) is 1.64. The molecule has 0 spiro atoms. The molecule has 1 heterocycles. The lowest BCUT2D eigenvalue weighted by atomic mass is 10.2. The number of rotatable bonds is 4. The van der Waals surface area contributed by atoms with Gasteiger partial charge in [-0.1, -0.05) is 6.07 Å². The molecule has 6 heteroatoms. The van der Waals surface area contributed by atoms with E-state index in [9.17, 15) is 13.6 Å². The van der Waals surface area contributed by atoms with Crippen LogP contribution >= 0.6 is 0 Å². The largest absolute Gasteiger partial charge is 0.461 e. The second-order valence-corrected chi connectivity index (χ2v) is 3.50. The van der Waals surface area contributed by atoms with E-state index < -0.39 is 12.6 Å². The zero-order valence-corrected chi connectivity index (χ0v) is 9.57. The molecule has 0 radical (unpaired) electrons. The van der Waals surface area contributed by atoms with E-state index in [-0.39, 0.29) is 18.1 Å². The average Bonchev–Trinajstić information content (AvgIpc) is 2.73. The Morgan fingerprint density at radius 1 is 1.44 bits per heavy atom. The van der Waals surface area contributed by atoms with Crippen LogP contribution in [0.25, 0.3) is 10.9 Å². The Balaban J connectivity index is 2.41. The van der Waals surface area contributed by atoms with E-state index in [2.05, 4.69) is 9.72 Å². The molecule has 0 aliphatic carbocycles. The number of carbonyl (C=O) groups excluding carboxylic acids is 1. The average molecular weight is 255 g/mol. The van der Waals surface area contributed by atoms with E-state index in [1.807, 2.05) is 0 Å². The molecule has 1 aromatic carbocycles. The molecular formula is C12H11F2NO3. The third kappa shape index (κ3) is 2.42. The number of aromatic nitrogens is 1. The number of benzene rings is 1. The topological polar surface area (TPSA) is 51.3 Å². The number of alkyl halides is 2. The van der Waals surface area contributed by atoms with Crippen LogP contribution in [0.15, 0.2) is 24.3 Å². The lowest BCUT2D eigenvalue weighted by molar-refractivity contribution is -0.0487. The van der Waals surface area contributed by atoms with Gasteiger partial charge in [-0.3, -0.25) is 0 Å². The van der Waals surface area contributed by atoms with Gasteiger partial charge in [0.1, 0.15) is 11.4 Å².